The summed E-state index contributed by atoms with van der Waals surface area (Å²) in [6, 6.07) is 10.7. The van der Waals surface area contributed by atoms with E-state index in [1.165, 1.54) is 12.8 Å². The van der Waals surface area contributed by atoms with E-state index < -0.39 is 0 Å². The standard InChI is InChI=1S/C21H29N3O2.ClH/c25-20(15-16-13-18-7-8-19(14-16)22-18)23-9-4-10-24(12-11-23)21(26)17-5-2-1-3-6-17;/h1-3,5-6,16,18-19,22H,4,7-15H2;1H. The Morgan fingerprint density at radius 1 is 0.926 bits per heavy atom. The van der Waals surface area contributed by atoms with Crippen LogP contribution in [-0.2, 0) is 4.79 Å². The number of carbonyl (C=O) groups excluding carboxylic acids is 2. The predicted octanol–water partition coefficient (Wildman–Crippen LogP) is 2.70. The monoisotopic (exact) mass is 391 g/mol. The topological polar surface area (TPSA) is 52.7 Å². The van der Waals surface area contributed by atoms with Gasteiger partial charge in [-0.05, 0) is 50.2 Å². The van der Waals surface area contributed by atoms with Crippen LogP contribution in [0.15, 0.2) is 30.3 Å². The van der Waals surface area contributed by atoms with Gasteiger partial charge in [0.1, 0.15) is 0 Å². The number of amides is 2. The van der Waals surface area contributed by atoms with Crippen molar-refractivity contribution in [3.8, 4) is 0 Å². The molecule has 0 saturated carbocycles. The van der Waals surface area contributed by atoms with Crippen molar-refractivity contribution in [2.24, 2.45) is 5.92 Å². The maximum absolute atomic E-state index is 12.8. The van der Waals surface area contributed by atoms with Crippen molar-refractivity contribution in [2.45, 2.75) is 50.6 Å². The number of benzene rings is 1. The average molecular weight is 392 g/mol. The number of fused-ring (bicyclic) bond motifs is 2. The molecule has 0 radical (unpaired) electrons. The molecule has 0 spiro atoms. The van der Waals surface area contributed by atoms with Crippen LogP contribution in [0.5, 0.6) is 0 Å². The Bertz CT molecular complexity index is 642. The van der Waals surface area contributed by atoms with Crippen LogP contribution in [0, 0.1) is 5.92 Å². The molecule has 148 valence electrons. The average Bonchev–Trinajstić information content (AvgIpc) is 2.87. The van der Waals surface area contributed by atoms with E-state index in [0.29, 0.717) is 37.5 Å². The number of rotatable bonds is 3. The van der Waals surface area contributed by atoms with Gasteiger partial charge in [0.25, 0.3) is 5.91 Å². The third-order valence-electron chi connectivity index (χ3n) is 6.19. The fourth-order valence-electron chi connectivity index (χ4n) is 4.85. The zero-order chi connectivity index (χ0) is 17.9. The lowest BCUT2D eigenvalue weighted by molar-refractivity contribution is -0.132. The molecule has 4 rings (SSSR count). The third kappa shape index (κ3) is 4.82. The molecule has 27 heavy (non-hydrogen) atoms. The zero-order valence-electron chi connectivity index (χ0n) is 15.8. The quantitative estimate of drug-likeness (QED) is 0.861. The van der Waals surface area contributed by atoms with Crippen LogP contribution < -0.4 is 5.32 Å². The van der Waals surface area contributed by atoms with Gasteiger partial charge in [-0.3, -0.25) is 9.59 Å². The summed E-state index contributed by atoms with van der Waals surface area (Å²) < 4.78 is 0. The Morgan fingerprint density at radius 3 is 2.26 bits per heavy atom. The molecular weight excluding hydrogens is 362 g/mol. The molecule has 1 N–H and O–H groups in total. The first-order chi connectivity index (χ1) is 12.7. The van der Waals surface area contributed by atoms with Crippen LogP contribution in [0.1, 0.15) is 48.9 Å². The van der Waals surface area contributed by atoms with Gasteiger partial charge in [-0.2, -0.15) is 0 Å². The lowest BCUT2D eigenvalue weighted by Gasteiger charge is -2.30. The number of nitrogens with one attached hydrogen (secondary N) is 1. The minimum atomic E-state index is 0. The van der Waals surface area contributed by atoms with E-state index in [2.05, 4.69) is 5.32 Å². The van der Waals surface area contributed by atoms with Gasteiger partial charge in [-0.25, -0.2) is 0 Å². The van der Waals surface area contributed by atoms with Crippen LogP contribution >= 0.6 is 12.4 Å². The molecule has 3 aliphatic rings. The maximum atomic E-state index is 12.8. The van der Waals surface area contributed by atoms with Gasteiger partial charge in [-0.1, -0.05) is 18.2 Å². The lowest BCUT2D eigenvalue weighted by Crippen LogP contribution is -2.41. The second kappa shape index (κ2) is 9.07. The van der Waals surface area contributed by atoms with Gasteiger partial charge in [0.2, 0.25) is 5.91 Å². The molecule has 0 aromatic heterocycles. The first-order valence-corrected chi connectivity index (χ1v) is 10.1. The Hall–Kier alpha value is -1.59. The van der Waals surface area contributed by atoms with Crippen molar-refractivity contribution < 1.29 is 9.59 Å². The van der Waals surface area contributed by atoms with Crippen LogP contribution in [0.2, 0.25) is 0 Å². The molecule has 5 nitrogen and oxygen atoms in total. The minimum absolute atomic E-state index is 0. The summed E-state index contributed by atoms with van der Waals surface area (Å²) in [5, 5.41) is 3.65. The van der Waals surface area contributed by atoms with Crippen LogP contribution in [0.3, 0.4) is 0 Å². The Morgan fingerprint density at radius 2 is 1.56 bits per heavy atom. The summed E-state index contributed by atoms with van der Waals surface area (Å²) in [6.07, 6.45) is 6.39. The number of piperidine rings is 1. The Kier molecular flexibility index (Phi) is 6.77. The highest BCUT2D eigenvalue weighted by atomic mass is 35.5. The number of hydrogen-bond donors (Lipinski definition) is 1. The third-order valence-corrected chi connectivity index (χ3v) is 6.19. The van der Waals surface area contributed by atoms with Gasteiger partial charge in [-0.15, -0.1) is 12.4 Å². The summed E-state index contributed by atoms with van der Waals surface area (Å²) in [6.45, 7) is 2.80. The van der Waals surface area contributed by atoms with Crippen LogP contribution in [0.25, 0.3) is 0 Å². The van der Waals surface area contributed by atoms with Crippen molar-refractivity contribution in [2.75, 3.05) is 26.2 Å². The fourth-order valence-corrected chi connectivity index (χ4v) is 4.85. The molecule has 1 aromatic carbocycles. The Balaban J connectivity index is 0.00000210. The Labute approximate surface area is 167 Å². The fraction of sp³-hybridized carbons (Fsp3) is 0.619. The minimum Gasteiger partial charge on any atom is -0.341 e. The van der Waals surface area contributed by atoms with E-state index >= 15 is 0 Å². The largest absolute Gasteiger partial charge is 0.341 e. The second-order valence-electron chi connectivity index (χ2n) is 8.07. The second-order valence-corrected chi connectivity index (χ2v) is 8.07. The summed E-state index contributed by atoms with van der Waals surface area (Å²) >= 11 is 0. The van der Waals surface area contributed by atoms with Gasteiger partial charge < -0.3 is 15.1 Å². The summed E-state index contributed by atoms with van der Waals surface area (Å²) in [5.74, 6) is 0.895. The highest BCUT2D eigenvalue weighted by Gasteiger charge is 2.35. The number of halogens is 1. The van der Waals surface area contributed by atoms with E-state index in [0.717, 1.165) is 37.9 Å². The zero-order valence-corrected chi connectivity index (χ0v) is 16.6. The predicted molar refractivity (Wildman–Crippen MR) is 108 cm³/mol. The van der Waals surface area contributed by atoms with Crippen LogP contribution in [0.4, 0.5) is 0 Å². The van der Waals surface area contributed by atoms with E-state index in [1.54, 1.807) is 0 Å². The van der Waals surface area contributed by atoms with E-state index in [9.17, 15) is 9.59 Å². The first-order valence-electron chi connectivity index (χ1n) is 10.1. The molecule has 3 heterocycles. The highest BCUT2D eigenvalue weighted by Crippen LogP contribution is 2.33. The highest BCUT2D eigenvalue weighted by molar-refractivity contribution is 5.94. The number of nitrogens with zero attached hydrogens (tertiary/aromatic N) is 2. The van der Waals surface area contributed by atoms with Crippen molar-refractivity contribution in [1.29, 1.82) is 0 Å². The van der Waals surface area contributed by atoms with E-state index in [4.69, 9.17) is 0 Å². The molecule has 1 aromatic rings. The summed E-state index contributed by atoms with van der Waals surface area (Å²) in [4.78, 5) is 29.3. The number of carbonyl (C=O) groups is 2. The van der Waals surface area contributed by atoms with Crippen molar-refractivity contribution in [1.82, 2.24) is 15.1 Å². The van der Waals surface area contributed by atoms with Crippen molar-refractivity contribution in [3.05, 3.63) is 35.9 Å². The maximum Gasteiger partial charge on any atom is 0.253 e. The van der Waals surface area contributed by atoms with Gasteiger partial charge in [0, 0.05) is 50.2 Å². The van der Waals surface area contributed by atoms with Gasteiger partial charge in [0.15, 0.2) is 0 Å². The molecule has 3 aliphatic heterocycles. The summed E-state index contributed by atoms with van der Waals surface area (Å²) in [5.41, 5.74) is 0.734. The van der Waals surface area contributed by atoms with Gasteiger partial charge in [0.05, 0.1) is 0 Å². The molecular formula is C21H30ClN3O2. The molecule has 2 atom stereocenters. The molecule has 3 saturated heterocycles. The molecule has 3 fully saturated rings. The van der Waals surface area contributed by atoms with Crippen molar-refractivity contribution in [3.63, 3.8) is 0 Å². The molecule has 2 amide bonds. The van der Waals surface area contributed by atoms with E-state index in [1.807, 2.05) is 40.1 Å². The molecule has 6 heteroatoms. The van der Waals surface area contributed by atoms with Crippen LogP contribution in [-0.4, -0.2) is 59.9 Å². The van der Waals surface area contributed by atoms with E-state index in [-0.39, 0.29) is 24.2 Å². The number of hydrogen-bond acceptors (Lipinski definition) is 3. The first kappa shape index (κ1) is 20.2. The summed E-state index contributed by atoms with van der Waals surface area (Å²) in [7, 11) is 0. The normalized spacial score (nSPS) is 27.6. The molecule has 2 unspecified atom stereocenters. The molecule has 0 aliphatic carbocycles. The lowest BCUT2D eigenvalue weighted by atomic mass is 9.89. The smallest absolute Gasteiger partial charge is 0.253 e. The molecule has 2 bridgehead atoms. The van der Waals surface area contributed by atoms with Gasteiger partial charge >= 0.3 is 0 Å². The van der Waals surface area contributed by atoms with Crippen molar-refractivity contribution >= 4 is 24.2 Å². The SMILES string of the molecule is Cl.O=C(CC1CC2CCC(C1)N2)N1CCCN(C(=O)c2ccccc2)CC1.